The molecule has 124 valence electrons. The van der Waals surface area contributed by atoms with Crippen molar-refractivity contribution < 1.29 is 8.42 Å². The Morgan fingerprint density at radius 1 is 1.17 bits per heavy atom. The van der Waals surface area contributed by atoms with Crippen molar-refractivity contribution in [1.82, 2.24) is 19.0 Å². The molecule has 6 nitrogen and oxygen atoms in total. The number of hydrogen-bond donors (Lipinski definition) is 0. The van der Waals surface area contributed by atoms with E-state index in [1.54, 1.807) is 33.3 Å². The van der Waals surface area contributed by atoms with E-state index in [2.05, 4.69) is 10.00 Å². The molecule has 0 amide bonds. The van der Waals surface area contributed by atoms with Crippen LogP contribution in [0.3, 0.4) is 0 Å². The highest BCUT2D eigenvalue weighted by Gasteiger charge is 2.28. The fraction of sp³-hybridized carbons (Fsp3) is 0.429. The first-order chi connectivity index (χ1) is 11.0. The Hall–Kier alpha value is -1.13. The molecule has 0 N–H and O–H groups in total. The van der Waals surface area contributed by atoms with Crippen molar-refractivity contribution in [3.05, 3.63) is 39.3 Å². The smallest absolute Gasteiger partial charge is 0.243 e. The molecule has 1 saturated heterocycles. The summed E-state index contributed by atoms with van der Waals surface area (Å²) in [5.41, 5.74) is 0. The number of benzene rings is 1. The summed E-state index contributed by atoms with van der Waals surface area (Å²) in [5, 5.41) is 5.32. The van der Waals surface area contributed by atoms with Crippen molar-refractivity contribution in [2.45, 2.75) is 18.5 Å². The minimum atomic E-state index is -3.40. The Balaban J connectivity index is 1.64. The Bertz CT molecular complexity index is 821. The fourth-order valence-electron chi connectivity index (χ4n) is 2.54. The van der Waals surface area contributed by atoms with Gasteiger partial charge in [0.05, 0.1) is 11.6 Å². The first-order valence-electron chi connectivity index (χ1n) is 7.29. The van der Waals surface area contributed by atoms with Crippen molar-refractivity contribution in [1.29, 1.82) is 0 Å². The van der Waals surface area contributed by atoms with Gasteiger partial charge in [0.25, 0.3) is 0 Å². The van der Waals surface area contributed by atoms with Crippen molar-refractivity contribution in [2.24, 2.45) is 0 Å². The minimum Gasteiger partial charge on any atom is -0.282 e. The second-order valence-electron chi connectivity index (χ2n) is 5.36. The number of aryl methyl sites for hydroxylation is 1. The zero-order valence-corrected chi connectivity index (χ0v) is 15.2. The topological polar surface area (TPSA) is 58.4 Å². The van der Waals surface area contributed by atoms with Crippen molar-refractivity contribution in [2.75, 3.05) is 26.2 Å². The number of hydrogen-bond acceptors (Lipinski definition) is 6. The van der Waals surface area contributed by atoms with Crippen LogP contribution in [0.25, 0.3) is 0 Å². The lowest BCUT2D eigenvalue weighted by atomic mass is 10.4. The van der Waals surface area contributed by atoms with Gasteiger partial charge in [-0.05, 0) is 31.3 Å². The number of rotatable bonds is 4. The van der Waals surface area contributed by atoms with Crippen LogP contribution in [0.4, 0.5) is 0 Å². The zero-order valence-electron chi connectivity index (χ0n) is 12.8. The molecular formula is C14H18N4O2S3. The summed E-state index contributed by atoms with van der Waals surface area (Å²) in [5.74, 6) is 0. The number of sulfonamides is 1. The minimum absolute atomic E-state index is 0.353. The Morgan fingerprint density at radius 3 is 2.39 bits per heavy atom. The van der Waals surface area contributed by atoms with E-state index in [0.717, 1.165) is 8.96 Å². The lowest BCUT2D eigenvalue weighted by Gasteiger charge is -2.33. The lowest BCUT2D eigenvalue weighted by molar-refractivity contribution is 0.145. The van der Waals surface area contributed by atoms with Crippen LogP contribution in [-0.2, 0) is 16.7 Å². The van der Waals surface area contributed by atoms with Crippen LogP contribution in [0.2, 0.25) is 0 Å². The highest BCUT2D eigenvalue weighted by atomic mass is 32.2. The molecule has 1 aromatic heterocycles. The third kappa shape index (κ3) is 3.69. The van der Waals surface area contributed by atoms with E-state index < -0.39 is 10.0 Å². The van der Waals surface area contributed by atoms with E-state index in [0.29, 0.717) is 37.7 Å². The third-order valence-electron chi connectivity index (χ3n) is 3.75. The number of nitrogens with zero attached hydrogens (tertiary/aromatic N) is 4. The summed E-state index contributed by atoms with van der Waals surface area (Å²) in [7, 11) is -3.40. The van der Waals surface area contributed by atoms with Gasteiger partial charge in [0.15, 0.2) is 3.95 Å². The van der Waals surface area contributed by atoms with E-state index in [4.69, 9.17) is 12.2 Å². The number of piperazine rings is 1. The zero-order chi connectivity index (χ0) is 16.4. The summed E-state index contributed by atoms with van der Waals surface area (Å²) in [4.78, 5) is 2.53. The highest BCUT2D eigenvalue weighted by molar-refractivity contribution is 7.89. The molecule has 0 spiro atoms. The Kier molecular flexibility index (Phi) is 4.93. The summed E-state index contributed by atoms with van der Waals surface area (Å²) >= 11 is 6.77. The van der Waals surface area contributed by atoms with Crippen LogP contribution in [0, 0.1) is 10.9 Å². The van der Waals surface area contributed by atoms with E-state index in [9.17, 15) is 8.42 Å². The molecule has 1 aliphatic heterocycles. The molecule has 1 fully saturated rings. The average Bonchev–Trinajstić information content (AvgIpc) is 2.86. The summed E-state index contributed by atoms with van der Waals surface area (Å²) < 4.78 is 29.3. The van der Waals surface area contributed by atoms with Gasteiger partial charge in [-0.3, -0.25) is 4.90 Å². The van der Waals surface area contributed by atoms with E-state index in [1.165, 1.54) is 11.3 Å². The van der Waals surface area contributed by atoms with Crippen LogP contribution in [0.15, 0.2) is 35.2 Å². The van der Waals surface area contributed by atoms with Crippen molar-refractivity contribution in [3.63, 3.8) is 0 Å². The van der Waals surface area contributed by atoms with Gasteiger partial charge in [0, 0.05) is 26.2 Å². The molecule has 0 bridgehead atoms. The maximum Gasteiger partial charge on any atom is 0.243 e. The summed E-state index contributed by atoms with van der Waals surface area (Å²) in [6, 6.07) is 8.58. The van der Waals surface area contributed by atoms with E-state index in [1.807, 2.05) is 13.0 Å². The van der Waals surface area contributed by atoms with Crippen molar-refractivity contribution in [3.8, 4) is 0 Å². The largest absolute Gasteiger partial charge is 0.282 e. The maximum absolute atomic E-state index is 12.6. The molecule has 0 saturated carbocycles. The monoisotopic (exact) mass is 370 g/mol. The second-order valence-corrected chi connectivity index (χ2v) is 9.13. The molecule has 0 atom stereocenters. The van der Waals surface area contributed by atoms with Gasteiger partial charge in [-0.1, -0.05) is 29.5 Å². The lowest BCUT2D eigenvalue weighted by Crippen LogP contribution is -2.48. The highest BCUT2D eigenvalue weighted by Crippen LogP contribution is 2.17. The second kappa shape index (κ2) is 6.78. The van der Waals surface area contributed by atoms with Gasteiger partial charge in [-0.25, -0.2) is 13.1 Å². The maximum atomic E-state index is 12.6. The first kappa shape index (κ1) is 16.7. The first-order valence-corrected chi connectivity index (χ1v) is 9.95. The van der Waals surface area contributed by atoms with Crippen LogP contribution in [0.5, 0.6) is 0 Å². The quantitative estimate of drug-likeness (QED) is 0.770. The van der Waals surface area contributed by atoms with Crippen LogP contribution in [0.1, 0.15) is 5.01 Å². The van der Waals surface area contributed by atoms with Crippen LogP contribution >= 0.6 is 23.6 Å². The molecule has 2 heterocycles. The summed E-state index contributed by atoms with van der Waals surface area (Å²) in [6.07, 6.45) is 0. The molecular weight excluding hydrogens is 352 g/mol. The van der Waals surface area contributed by atoms with Gasteiger partial charge in [-0.2, -0.15) is 9.40 Å². The molecule has 3 rings (SSSR count). The molecule has 0 aliphatic carbocycles. The van der Waals surface area contributed by atoms with Gasteiger partial charge in [-0.15, -0.1) is 0 Å². The molecule has 1 aliphatic rings. The average molecular weight is 371 g/mol. The molecule has 0 radical (unpaired) electrons. The van der Waals surface area contributed by atoms with Gasteiger partial charge in [0.1, 0.15) is 5.01 Å². The molecule has 23 heavy (non-hydrogen) atoms. The summed E-state index contributed by atoms with van der Waals surface area (Å²) in [6.45, 7) is 4.85. The Morgan fingerprint density at radius 2 is 1.83 bits per heavy atom. The standard InChI is InChI=1S/C14H18N4O2S3/c1-12-15-18(14(21)22-12)11-16-7-9-17(10-8-16)23(19,20)13-5-3-2-4-6-13/h2-6H,7-11H2,1H3. The SMILES string of the molecule is Cc1nn(CN2CCN(S(=O)(=O)c3ccccc3)CC2)c(=S)s1. The Labute approximate surface area is 145 Å². The molecule has 2 aromatic rings. The van der Waals surface area contributed by atoms with E-state index >= 15 is 0 Å². The predicted molar refractivity (Wildman–Crippen MR) is 92.4 cm³/mol. The normalized spacial score (nSPS) is 17.4. The van der Waals surface area contributed by atoms with Gasteiger partial charge in [0.2, 0.25) is 10.0 Å². The van der Waals surface area contributed by atoms with Gasteiger partial charge < -0.3 is 0 Å². The van der Waals surface area contributed by atoms with E-state index in [-0.39, 0.29) is 0 Å². The predicted octanol–water partition coefficient (Wildman–Crippen LogP) is 1.95. The van der Waals surface area contributed by atoms with Gasteiger partial charge >= 0.3 is 0 Å². The van der Waals surface area contributed by atoms with Crippen molar-refractivity contribution >= 4 is 33.6 Å². The molecule has 1 aromatic carbocycles. The molecule has 9 heteroatoms. The number of aromatic nitrogens is 2. The fourth-order valence-corrected chi connectivity index (χ4v) is 5.04. The van der Waals surface area contributed by atoms with Crippen LogP contribution < -0.4 is 0 Å². The third-order valence-corrected chi connectivity index (χ3v) is 6.89. The van der Waals surface area contributed by atoms with Crippen LogP contribution in [-0.4, -0.2) is 53.6 Å². The molecule has 0 unspecified atom stereocenters.